The van der Waals surface area contributed by atoms with Crippen molar-refractivity contribution < 1.29 is 4.79 Å². The molecule has 1 aliphatic carbocycles. The van der Waals surface area contributed by atoms with Crippen molar-refractivity contribution >= 4 is 11.7 Å². The minimum Gasteiger partial charge on any atom is -0.373 e. The van der Waals surface area contributed by atoms with E-state index in [4.69, 9.17) is 0 Å². The highest BCUT2D eigenvalue weighted by atomic mass is 16.2. The van der Waals surface area contributed by atoms with Crippen LogP contribution < -0.4 is 5.32 Å². The van der Waals surface area contributed by atoms with Crippen molar-refractivity contribution in [1.82, 2.24) is 9.88 Å². The van der Waals surface area contributed by atoms with Gasteiger partial charge in [-0.15, -0.1) is 0 Å². The van der Waals surface area contributed by atoms with Crippen molar-refractivity contribution in [3.8, 4) is 0 Å². The maximum absolute atomic E-state index is 12.5. The number of nitrogens with zero attached hydrogens (tertiary/aromatic N) is 2. The van der Waals surface area contributed by atoms with Gasteiger partial charge in [0.1, 0.15) is 11.5 Å². The number of amides is 1. The van der Waals surface area contributed by atoms with Crippen molar-refractivity contribution in [3.05, 3.63) is 23.9 Å². The van der Waals surface area contributed by atoms with E-state index in [2.05, 4.69) is 10.3 Å². The van der Waals surface area contributed by atoms with E-state index in [1.54, 1.807) is 6.07 Å². The van der Waals surface area contributed by atoms with Gasteiger partial charge in [0.05, 0.1) is 0 Å². The molecule has 0 spiro atoms. The third-order valence-electron chi connectivity index (χ3n) is 3.92. The van der Waals surface area contributed by atoms with E-state index in [9.17, 15) is 4.79 Å². The lowest BCUT2D eigenvalue weighted by Gasteiger charge is -2.27. The highest BCUT2D eigenvalue weighted by Crippen LogP contribution is 2.22. The number of hydrogen-bond acceptors (Lipinski definition) is 3. The summed E-state index contributed by atoms with van der Waals surface area (Å²) in [5, 5.41) is 2.97. The molecule has 1 saturated carbocycles. The average Bonchev–Trinajstić information content (AvgIpc) is 2.75. The van der Waals surface area contributed by atoms with Crippen LogP contribution in [-0.2, 0) is 0 Å². The van der Waals surface area contributed by atoms with Crippen LogP contribution in [0, 0.1) is 0 Å². The van der Waals surface area contributed by atoms with Crippen LogP contribution >= 0.6 is 0 Å². The zero-order chi connectivity index (χ0) is 13.7. The Hall–Kier alpha value is -1.58. The summed E-state index contributed by atoms with van der Waals surface area (Å²) in [5.74, 6) is 0.768. The Kier molecular flexibility index (Phi) is 4.77. The highest BCUT2D eigenvalue weighted by molar-refractivity contribution is 5.92. The van der Waals surface area contributed by atoms with E-state index in [1.807, 2.05) is 31.1 Å². The van der Waals surface area contributed by atoms with E-state index >= 15 is 0 Å². The van der Waals surface area contributed by atoms with Gasteiger partial charge in [-0.2, -0.15) is 0 Å². The molecule has 1 aliphatic rings. The van der Waals surface area contributed by atoms with E-state index in [0.717, 1.165) is 18.7 Å². The van der Waals surface area contributed by atoms with Crippen molar-refractivity contribution in [2.45, 2.75) is 44.6 Å². The summed E-state index contributed by atoms with van der Waals surface area (Å²) in [6, 6.07) is 5.89. The maximum atomic E-state index is 12.5. The molecule has 1 aromatic rings. The Morgan fingerprint density at radius 2 is 1.95 bits per heavy atom. The van der Waals surface area contributed by atoms with Crippen LogP contribution in [0.2, 0.25) is 0 Å². The molecule has 0 saturated heterocycles. The number of rotatable bonds is 3. The summed E-state index contributed by atoms with van der Waals surface area (Å²) in [6.45, 7) is 0. The molecule has 104 valence electrons. The van der Waals surface area contributed by atoms with Gasteiger partial charge in [-0.25, -0.2) is 4.98 Å². The molecule has 0 atom stereocenters. The van der Waals surface area contributed by atoms with Crippen molar-refractivity contribution in [2.24, 2.45) is 0 Å². The molecule has 4 heteroatoms. The molecular weight excluding hydrogens is 238 g/mol. The Morgan fingerprint density at radius 1 is 1.26 bits per heavy atom. The van der Waals surface area contributed by atoms with Gasteiger partial charge in [-0.05, 0) is 25.0 Å². The Labute approximate surface area is 115 Å². The van der Waals surface area contributed by atoms with Crippen molar-refractivity contribution in [1.29, 1.82) is 0 Å². The lowest BCUT2D eigenvalue weighted by atomic mass is 10.1. The second-order valence-corrected chi connectivity index (χ2v) is 5.22. The second kappa shape index (κ2) is 6.55. The standard InChI is InChI=1S/C15H23N3O/c1-16-14-11-7-10-13(17-14)15(19)18(2)12-8-5-3-4-6-9-12/h7,10-12H,3-6,8-9H2,1-2H3,(H,16,17). The molecular formula is C15H23N3O. The van der Waals surface area contributed by atoms with Crippen LogP contribution in [0.15, 0.2) is 18.2 Å². The zero-order valence-corrected chi connectivity index (χ0v) is 11.9. The summed E-state index contributed by atoms with van der Waals surface area (Å²) in [7, 11) is 3.72. The van der Waals surface area contributed by atoms with E-state index in [-0.39, 0.29) is 5.91 Å². The summed E-state index contributed by atoms with van der Waals surface area (Å²) < 4.78 is 0. The van der Waals surface area contributed by atoms with Gasteiger partial charge in [0.2, 0.25) is 0 Å². The maximum Gasteiger partial charge on any atom is 0.272 e. The van der Waals surface area contributed by atoms with Crippen LogP contribution in [0.1, 0.15) is 49.0 Å². The normalized spacial score (nSPS) is 16.7. The van der Waals surface area contributed by atoms with Crippen LogP contribution in [0.3, 0.4) is 0 Å². The molecule has 4 nitrogen and oxygen atoms in total. The Bertz CT molecular complexity index is 425. The van der Waals surface area contributed by atoms with Gasteiger partial charge in [0.25, 0.3) is 5.91 Å². The first-order valence-electron chi connectivity index (χ1n) is 7.14. The minimum atomic E-state index is 0.0315. The predicted molar refractivity (Wildman–Crippen MR) is 77.4 cm³/mol. The van der Waals surface area contributed by atoms with Gasteiger partial charge in [0.15, 0.2) is 0 Å². The van der Waals surface area contributed by atoms with Gasteiger partial charge in [-0.3, -0.25) is 4.79 Å². The molecule has 2 rings (SSSR count). The summed E-state index contributed by atoms with van der Waals surface area (Å²) in [6.07, 6.45) is 7.29. The largest absolute Gasteiger partial charge is 0.373 e. The fourth-order valence-corrected chi connectivity index (χ4v) is 2.68. The quantitative estimate of drug-likeness (QED) is 0.851. The van der Waals surface area contributed by atoms with Crippen LogP contribution in [0.25, 0.3) is 0 Å². The molecule has 1 N–H and O–H groups in total. The number of pyridine rings is 1. The highest BCUT2D eigenvalue weighted by Gasteiger charge is 2.22. The third kappa shape index (κ3) is 3.46. The van der Waals surface area contributed by atoms with E-state index < -0.39 is 0 Å². The summed E-state index contributed by atoms with van der Waals surface area (Å²) >= 11 is 0. The summed E-state index contributed by atoms with van der Waals surface area (Å²) in [5.41, 5.74) is 0.526. The smallest absolute Gasteiger partial charge is 0.272 e. The fraction of sp³-hybridized carbons (Fsp3) is 0.600. The van der Waals surface area contributed by atoms with E-state index in [1.165, 1.54) is 25.7 Å². The molecule has 0 bridgehead atoms. The third-order valence-corrected chi connectivity index (χ3v) is 3.92. The van der Waals surface area contributed by atoms with Crippen molar-refractivity contribution in [3.63, 3.8) is 0 Å². The van der Waals surface area contributed by atoms with Crippen molar-refractivity contribution in [2.75, 3.05) is 19.4 Å². The first-order chi connectivity index (χ1) is 9.22. The molecule has 0 radical (unpaired) electrons. The first-order valence-corrected chi connectivity index (χ1v) is 7.14. The predicted octanol–water partition coefficient (Wildman–Crippen LogP) is 2.92. The van der Waals surface area contributed by atoms with Crippen LogP contribution in [0.5, 0.6) is 0 Å². The lowest BCUT2D eigenvalue weighted by molar-refractivity contribution is 0.0712. The molecule has 19 heavy (non-hydrogen) atoms. The fourth-order valence-electron chi connectivity index (χ4n) is 2.68. The minimum absolute atomic E-state index is 0.0315. The monoisotopic (exact) mass is 261 g/mol. The van der Waals surface area contributed by atoms with Gasteiger partial charge in [-0.1, -0.05) is 31.7 Å². The lowest BCUT2D eigenvalue weighted by Crippen LogP contribution is -2.37. The number of hydrogen-bond donors (Lipinski definition) is 1. The molecule has 0 aromatic carbocycles. The molecule has 1 fully saturated rings. The topological polar surface area (TPSA) is 45.2 Å². The molecule has 1 aromatic heterocycles. The Morgan fingerprint density at radius 3 is 2.58 bits per heavy atom. The number of carbonyl (C=O) groups is 1. The first kappa shape index (κ1) is 13.8. The average molecular weight is 261 g/mol. The number of nitrogens with one attached hydrogen (secondary N) is 1. The van der Waals surface area contributed by atoms with Gasteiger partial charge >= 0.3 is 0 Å². The molecule has 0 aliphatic heterocycles. The second-order valence-electron chi connectivity index (χ2n) is 5.22. The zero-order valence-electron chi connectivity index (χ0n) is 11.9. The van der Waals surface area contributed by atoms with Gasteiger partial charge in [0, 0.05) is 20.1 Å². The molecule has 1 amide bonds. The van der Waals surface area contributed by atoms with Crippen LogP contribution in [-0.4, -0.2) is 35.9 Å². The molecule has 1 heterocycles. The molecule has 0 unspecified atom stereocenters. The number of aromatic nitrogens is 1. The SMILES string of the molecule is CNc1cccc(C(=O)N(C)C2CCCCCC2)n1. The summed E-state index contributed by atoms with van der Waals surface area (Å²) in [4.78, 5) is 18.7. The number of carbonyl (C=O) groups excluding carboxylic acids is 1. The van der Waals surface area contributed by atoms with Gasteiger partial charge < -0.3 is 10.2 Å². The number of anilines is 1. The van der Waals surface area contributed by atoms with E-state index in [0.29, 0.717) is 11.7 Å². The Balaban J connectivity index is 2.08. The van der Waals surface area contributed by atoms with Crippen LogP contribution in [0.4, 0.5) is 5.82 Å².